The molecule has 0 saturated carbocycles. The highest BCUT2D eigenvalue weighted by Gasteiger charge is 2.40. The van der Waals surface area contributed by atoms with Crippen LogP contribution >= 0.6 is 0 Å². The minimum absolute atomic E-state index is 0.220. The number of aromatic nitrogens is 10. The average molecular weight is 845 g/mol. The number of H-pyrrole nitrogens is 1. The largest absolute Gasteiger partial charge is 0.444 e. The molecule has 17 nitrogen and oxygen atoms in total. The molecule has 2 N–H and O–H groups in total. The summed E-state index contributed by atoms with van der Waals surface area (Å²) < 4.78 is 17.3. The van der Waals surface area contributed by atoms with Gasteiger partial charge < -0.3 is 29.2 Å². The zero-order valence-electron chi connectivity index (χ0n) is 36.1. The molecule has 6 aromatic heterocycles. The van der Waals surface area contributed by atoms with Crippen LogP contribution in [0.15, 0.2) is 62.0 Å². The monoisotopic (exact) mass is 844 g/mol. The summed E-state index contributed by atoms with van der Waals surface area (Å²) in [6.07, 6.45) is 18.1. The molecule has 320 valence electrons. The highest BCUT2D eigenvalue weighted by molar-refractivity contribution is 6.76. The predicted octanol–water partition coefficient (Wildman–Crippen LogP) is 7.06. The van der Waals surface area contributed by atoms with Crippen LogP contribution in [0, 0.1) is 22.7 Å². The third kappa shape index (κ3) is 9.83. The molecule has 2 aliphatic heterocycles. The van der Waals surface area contributed by atoms with Crippen molar-refractivity contribution in [1.29, 1.82) is 10.5 Å². The van der Waals surface area contributed by atoms with E-state index in [1.54, 1.807) is 23.8 Å². The number of nitrogens with zero attached hydrogens (tertiary/aromatic N) is 12. The van der Waals surface area contributed by atoms with Crippen molar-refractivity contribution >= 4 is 36.2 Å². The molecule has 61 heavy (non-hydrogen) atoms. The Balaban J connectivity index is 0.000000207. The van der Waals surface area contributed by atoms with Crippen LogP contribution in [0.5, 0.6) is 0 Å². The van der Waals surface area contributed by atoms with Crippen molar-refractivity contribution in [3.05, 3.63) is 62.0 Å². The SMILES string of the molecule is CC(C)(C)OC(=O)N1CCC(CC#N)(n2cc(-c3ncnc4c3ccn4COCC[Si](C)(C)C)cn2)CC1.N#CCC1(n2cc(-c3ncnc4[nH]ccc34)cn2)CCNCC1. The Bertz CT molecular complexity index is 2510. The highest BCUT2D eigenvalue weighted by Crippen LogP contribution is 2.36. The first-order valence-electron chi connectivity index (χ1n) is 20.9. The van der Waals surface area contributed by atoms with Crippen molar-refractivity contribution in [3.8, 4) is 34.7 Å². The molecule has 0 aromatic carbocycles. The van der Waals surface area contributed by atoms with Crippen molar-refractivity contribution in [2.75, 3.05) is 32.8 Å². The summed E-state index contributed by atoms with van der Waals surface area (Å²) in [6.45, 7) is 16.6. The Morgan fingerprint density at radius 3 is 2.07 bits per heavy atom. The molecule has 18 heteroatoms. The molecule has 0 spiro atoms. The molecule has 0 atom stereocenters. The smallest absolute Gasteiger partial charge is 0.410 e. The molecule has 0 radical (unpaired) electrons. The molecule has 8 heterocycles. The highest BCUT2D eigenvalue weighted by atomic mass is 28.3. The van der Waals surface area contributed by atoms with E-state index in [9.17, 15) is 15.3 Å². The summed E-state index contributed by atoms with van der Waals surface area (Å²) in [6, 6.07) is 9.77. The lowest BCUT2D eigenvalue weighted by Crippen LogP contribution is -2.49. The lowest BCUT2D eigenvalue weighted by Gasteiger charge is -2.40. The van der Waals surface area contributed by atoms with Gasteiger partial charge in [-0.15, -0.1) is 0 Å². The minimum atomic E-state index is -1.14. The fourth-order valence-corrected chi connectivity index (χ4v) is 8.74. The second-order valence-electron chi connectivity index (χ2n) is 18.2. The Morgan fingerprint density at radius 2 is 1.46 bits per heavy atom. The summed E-state index contributed by atoms with van der Waals surface area (Å²) in [5.74, 6) is 0. The Kier molecular flexibility index (Phi) is 12.7. The van der Waals surface area contributed by atoms with Crippen LogP contribution in [0.4, 0.5) is 4.79 Å². The number of ether oxygens (including phenoxy) is 2. The molecule has 6 aromatic rings. The van der Waals surface area contributed by atoms with Gasteiger partial charge in [-0.2, -0.15) is 20.7 Å². The zero-order valence-corrected chi connectivity index (χ0v) is 37.1. The molecule has 2 aliphatic rings. The Hall–Kier alpha value is -5.95. The number of likely N-dealkylation sites (tertiary alicyclic amines) is 1. The molecular weight excluding hydrogens is 789 g/mol. The van der Waals surface area contributed by atoms with Crippen molar-refractivity contribution < 1.29 is 14.3 Å². The van der Waals surface area contributed by atoms with E-state index in [1.807, 2.05) is 77.8 Å². The molecular formula is C43H56N14O3Si. The molecule has 0 unspecified atom stereocenters. The topological polar surface area (TPSA) is 206 Å². The second kappa shape index (κ2) is 18.0. The van der Waals surface area contributed by atoms with Crippen molar-refractivity contribution in [1.82, 2.24) is 59.3 Å². The van der Waals surface area contributed by atoms with Gasteiger partial charge in [0.25, 0.3) is 0 Å². The van der Waals surface area contributed by atoms with Gasteiger partial charge in [0.15, 0.2) is 0 Å². The number of carbonyl (C=O) groups excluding carboxylic acids is 1. The number of amides is 1. The van der Waals surface area contributed by atoms with Gasteiger partial charge in [-0.25, -0.2) is 24.7 Å². The standard InChI is InChI=1S/C27H39N7O3Si.C16H17N7/c1-26(2,3)37-25(35)32-13-9-27(8-11-28,10-14-32)34-18-21(17-31-34)23-22-7-12-33(24(22)30-19-29-23)20-36-15-16-38(4,5)6;17-5-2-16(3-7-18-8-4-16)23-10-12(9-22-23)14-13-1-6-19-15(13)21-11-20-14/h7,12,17-19H,8-10,13-16,20H2,1-6H3;1,6,9-11,18H,2-4,7-8H2,(H,19,20,21). The van der Waals surface area contributed by atoms with Crippen LogP contribution in [-0.2, 0) is 27.3 Å². The number of nitriles is 2. The number of carbonyl (C=O) groups is 1. The molecule has 2 saturated heterocycles. The van der Waals surface area contributed by atoms with Gasteiger partial charge in [-0.05, 0) is 77.7 Å². The number of fused-ring (bicyclic) bond motifs is 2. The maximum absolute atomic E-state index is 12.6. The predicted molar refractivity (Wildman–Crippen MR) is 234 cm³/mol. The molecule has 1 amide bonds. The summed E-state index contributed by atoms with van der Waals surface area (Å²) in [4.78, 5) is 35.1. The van der Waals surface area contributed by atoms with E-state index in [-0.39, 0.29) is 11.6 Å². The van der Waals surface area contributed by atoms with Gasteiger partial charge in [0.05, 0.1) is 59.8 Å². The first-order valence-corrected chi connectivity index (χ1v) is 24.6. The number of piperidine rings is 2. The van der Waals surface area contributed by atoms with Gasteiger partial charge in [0.2, 0.25) is 0 Å². The van der Waals surface area contributed by atoms with Crippen LogP contribution in [0.25, 0.3) is 44.6 Å². The van der Waals surface area contributed by atoms with Gasteiger partial charge in [0, 0.05) is 74.5 Å². The summed E-state index contributed by atoms with van der Waals surface area (Å²) in [5.41, 5.74) is 3.84. The van der Waals surface area contributed by atoms with Gasteiger partial charge in [-0.3, -0.25) is 9.36 Å². The van der Waals surface area contributed by atoms with Crippen molar-refractivity contribution in [2.45, 2.75) is 108 Å². The van der Waals surface area contributed by atoms with Gasteiger partial charge >= 0.3 is 6.09 Å². The molecule has 0 bridgehead atoms. The van der Waals surface area contributed by atoms with Crippen LogP contribution < -0.4 is 5.32 Å². The number of hydrogen-bond donors (Lipinski definition) is 2. The lowest BCUT2D eigenvalue weighted by molar-refractivity contribution is 0.0105. The first kappa shape index (κ1) is 43.1. The van der Waals surface area contributed by atoms with E-state index >= 15 is 0 Å². The fourth-order valence-electron chi connectivity index (χ4n) is 7.98. The van der Waals surface area contributed by atoms with Gasteiger partial charge in [0.1, 0.15) is 36.3 Å². The molecule has 2 fully saturated rings. The number of rotatable bonds is 11. The number of aromatic amines is 1. The third-order valence-corrected chi connectivity index (χ3v) is 13.2. The Morgan fingerprint density at radius 1 is 0.852 bits per heavy atom. The maximum Gasteiger partial charge on any atom is 0.410 e. The second-order valence-corrected chi connectivity index (χ2v) is 23.9. The van der Waals surface area contributed by atoms with E-state index in [0.717, 1.165) is 83.2 Å². The maximum atomic E-state index is 12.6. The first-order chi connectivity index (χ1) is 29.2. The summed E-state index contributed by atoms with van der Waals surface area (Å²) in [7, 11) is -1.14. The van der Waals surface area contributed by atoms with Crippen LogP contribution in [0.3, 0.4) is 0 Å². The van der Waals surface area contributed by atoms with E-state index in [4.69, 9.17) is 9.47 Å². The normalized spacial score (nSPS) is 16.4. The average Bonchev–Trinajstić information content (AvgIpc) is 4.07. The zero-order chi connectivity index (χ0) is 43.3. The van der Waals surface area contributed by atoms with E-state index < -0.39 is 19.2 Å². The quantitative estimate of drug-likeness (QED) is 0.0993. The van der Waals surface area contributed by atoms with Crippen LogP contribution in [0.2, 0.25) is 25.7 Å². The number of hydrogen-bond acceptors (Lipinski definition) is 12. The molecule has 8 rings (SSSR count). The third-order valence-electron chi connectivity index (χ3n) is 11.5. The Labute approximate surface area is 357 Å². The van der Waals surface area contributed by atoms with Crippen molar-refractivity contribution in [2.24, 2.45) is 0 Å². The van der Waals surface area contributed by atoms with E-state index in [1.165, 1.54) is 0 Å². The summed E-state index contributed by atoms with van der Waals surface area (Å²) >= 11 is 0. The van der Waals surface area contributed by atoms with E-state index in [0.29, 0.717) is 45.5 Å². The van der Waals surface area contributed by atoms with Crippen LogP contribution in [0.1, 0.15) is 59.3 Å². The fraction of sp³-hybridized carbons (Fsp3) is 0.512. The van der Waals surface area contributed by atoms with Gasteiger partial charge in [-0.1, -0.05) is 19.6 Å². The van der Waals surface area contributed by atoms with Crippen LogP contribution in [-0.4, -0.2) is 107 Å². The minimum Gasteiger partial charge on any atom is -0.444 e. The van der Waals surface area contributed by atoms with Crippen molar-refractivity contribution in [3.63, 3.8) is 0 Å². The lowest BCUT2D eigenvalue weighted by atomic mass is 9.85. The van der Waals surface area contributed by atoms with E-state index in [2.05, 4.69) is 72.2 Å². The number of nitrogens with one attached hydrogen (secondary N) is 2. The molecule has 0 aliphatic carbocycles. The summed E-state index contributed by atoms with van der Waals surface area (Å²) in [5, 5.41) is 33.4.